The predicted octanol–water partition coefficient (Wildman–Crippen LogP) is 5.71. The molecule has 1 aliphatic rings. The fourth-order valence-corrected chi connectivity index (χ4v) is 7.34. The summed E-state index contributed by atoms with van der Waals surface area (Å²) in [6.45, 7) is 1.92. The predicted molar refractivity (Wildman–Crippen MR) is 181 cm³/mol. The van der Waals surface area contributed by atoms with Gasteiger partial charge in [-0.1, -0.05) is 72.1 Å². The van der Waals surface area contributed by atoms with E-state index in [1.807, 2.05) is 6.07 Å². The van der Waals surface area contributed by atoms with Gasteiger partial charge in [0.05, 0.1) is 17.6 Å². The van der Waals surface area contributed by atoms with Gasteiger partial charge in [0.15, 0.2) is 11.9 Å². The van der Waals surface area contributed by atoms with E-state index in [-0.39, 0.29) is 23.8 Å². The van der Waals surface area contributed by atoms with E-state index in [1.165, 1.54) is 30.1 Å². The van der Waals surface area contributed by atoms with Crippen molar-refractivity contribution in [2.24, 2.45) is 0 Å². The Balaban J connectivity index is 1.26. The lowest BCUT2D eigenvalue weighted by molar-refractivity contribution is -0.146. The first-order valence-corrected chi connectivity index (χ1v) is 17.0. The van der Waals surface area contributed by atoms with Crippen LogP contribution in [0.5, 0.6) is 5.75 Å². The first-order valence-electron chi connectivity index (χ1n) is 15.1. The summed E-state index contributed by atoms with van der Waals surface area (Å²) >= 11 is 6.38. The number of fused-ring (bicyclic) bond motifs is 2. The number of nitrogen functional groups attached to an aromatic ring is 1. The molecule has 1 fully saturated rings. The Morgan fingerprint density at radius 1 is 1.20 bits per heavy atom. The van der Waals surface area contributed by atoms with E-state index < -0.39 is 50.5 Å². The molecule has 0 bridgehead atoms. The minimum atomic E-state index is -4.50. The molecule has 5 aromatic rings. The zero-order valence-corrected chi connectivity index (χ0v) is 28.0. The van der Waals surface area contributed by atoms with Gasteiger partial charge in [0.1, 0.15) is 48.4 Å². The van der Waals surface area contributed by atoms with Crippen LogP contribution < -0.4 is 15.3 Å². The number of nitrogens with one attached hydrogen (secondary N) is 1. The molecule has 0 saturated carbocycles. The molecule has 6 atom stereocenters. The molecule has 4 N–H and O–H groups in total. The number of anilines is 1. The van der Waals surface area contributed by atoms with Gasteiger partial charge in [0.25, 0.3) is 0 Å². The van der Waals surface area contributed by atoms with Crippen LogP contribution in [0.25, 0.3) is 21.8 Å². The number of carbonyl (C=O) groups is 1. The maximum atomic E-state index is 16.3. The van der Waals surface area contributed by atoms with E-state index in [0.29, 0.717) is 26.7 Å². The van der Waals surface area contributed by atoms with Crippen molar-refractivity contribution in [2.45, 2.75) is 50.6 Å². The molecule has 1 saturated heterocycles. The van der Waals surface area contributed by atoms with Crippen LogP contribution >= 0.6 is 19.3 Å². The molecule has 0 radical (unpaired) electrons. The largest absolute Gasteiger partial charge is 0.460 e. The third kappa shape index (κ3) is 6.85. The van der Waals surface area contributed by atoms with Crippen molar-refractivity contribution in [1.82, 2.24) is 19.6 Å². The fourth-order valence-electron chi connectivity index (χ4n) is 5.60. The van der Waals surface area contributed by atoms with Crippen molar-refractivity contribution in [3.05, 3.63) is 95.4 Å². The van der Waals surface area contributed by atoms with Gasteiger partial charge < -0.3 is 29.4 Å². The van der Waals surface area contributed by atoms with E-state index in [9.17, 15) is 14.5 Å². The van der Waals surface area contributed by atoms with Crippen LogP contribution in [0.2, 0.25) is 5.02 Å². The quantitative estimate of drug-likeness (QED) is 0.0876. The van der Waals surface area contributed by atoms with Gasteiger partial charge in [-0.2, -0.15) is 5.09 Å². The molecule has 2 aromatic heterocycles. The maximum absolute atomic E-state index is 16.3. The summed E-state index contributed by atoms with van der Waals surface area (Å²) in [7, 11) is -4.50. The highest BCUT2D eigenvalue weighted by Crippen LogP contribution is 2.50. The molecule has 49 heavy (non-hydrogen) atoms. The molecule has 1 aliphatic heterocycles. The van der Waals surface area contributed by atoms with Crippen LogP contribution in [-0.4, -0.2) is 56.1 Å². The molecule has 12 nitrogen and oxygen atoms in total. The van der Waals surface area contributed by atoms with E-state index in [2.05, 4.69) is 21.0 Å². The topological polar surface area (TPSA) is 160 Å². The summed E-state index contributed by atoms with van der Waals surface area (Å²) in [5, 5.41) is 15.6. The Morgan fingerprint density at radius 2 is 1.92 bits per heavy atom. The van der Waals surface area contributed by atoms with Crippen molar-refractivity contribution < 1.29 is 37.4 Å². The van der Waals surface area contributed by atoms with Crippen LogP contribution in [0.4, 0.5) is 10.2 Å². The van der Waals surface area contributed by atoms with Crippen LogP contribution in [0.3, 0.4) is 0 Å². The molecule has 254 valence electrons. The molecule has 0 spiro atoms. The van der Waals surface area contributed by atoms with Crippen molar-refractivity contribution in [1.29, 1.82) is 0 Å². The van der Waals surface area contributed by atoms with E-state index in [1.54, 1.807) is 54.6 Å². The van der Waals surface area contributed by atoms with Gasteiger partial charge in [-0.15, -0.1) is 6.42 Å². The molecule has 15 heteroatoms. The van der Waals surface area contributed by atoms with Crippen LogP contribution in [0.1, 0.15) is 31.2 Å². The molecule has 0 aliphatic carbocycles. The van der Waals surface area contributed by atoms with Crippen molar-refractivity contribution in [3.8, 4) is 18.1 Å². The number of hydrogen-bond acceptors (Lipinski definition) is 10. The third-order valence-electron chi connectivity index (χ3n) is 8.15. The van der Waals surface area contributed by atoms with Gasteiger partial charge >= 0.3 is 13.7 Å². The summed E-state index contributed by atoms with van der Waals surface area (Å²) in [5.74, 6) is 1.95. The average Bonchev–Trinajstić information content (AvgIpc) is 3.58. The summed E-state index contributed by atoms with van der Waals surface area (Å²) in [4.78, 5) is 21.1. The summed E-state index contributed by atoms with van der Waals surface area (Å²) in [6.07, 6.45) is 3.69. The summed E-state index contributed by atoms with van der Waals surface area (Å²) in [6, 6.07) is 17.9. The number of halogens is 2. The molecular weight excluding hydrogens is 676 g/mol. The first-order chi connectivity index (χ1) is 23.4. The lowest BCUT2D eigenvalue weighted by Crippen LogP contribution is -2.41. The minimum Gasteiger partial charge on any atom is -0.460 e. The first kappa shape index (κ1) is 34.3. The van der Waals surface area contributed by atoms with Crippen molar-refractivity contribution in [3.63, 3.8) is 0 Å². The summed E-state index contributed by atoms with van der Waals surface area (Å²) in [5.41, 5.74) is 4.85. The van der Waals surface area contributed by atoms with Crippen molar-refractivity contribution >= 4 is 52.9 Å². The lowest BCUT2D eigenvalue weighted by atomic mass is 9.98. The second-order valence-electron chi connectivity index (χ2n) is 11.6. The summed E-state index contributed by atoms with van der Waals surface area (Å²) < 4.78 is 55.2. The molecular formula is C34H32ClFN5O7P. The number of rotatable bonds is 11. The number of hydrogen-bond donors (Lipinski definition) is 3. The van der Waals surface area contributed by atoms with Gasteiger partial charge in [-0.05, 0) is 31.5 Å². The molecule has 0 amide bonds. The second-order valence-corrected chi connectivity index (χ2v) is 13.7. The Morgan fingerprint density at radius 3 is 2.65 bits per heavy atom. The van der Waals surface area contributed by atoms with Gasteiger partial charge in [0, 0.05) is 22.0 Å². The number of esters is 1. The number of benzene rings is 3. The maximum Gasteiger partial charge on any atom is 0.459 e. The number of terminal acetylenes is 1. The number of ether oxygens (including phenoxy) is 2. The van der Waals surface area contributed by atoms with Crippen LogP contribution in [0.15, 0.2) is 79.3 Å². The van der Waals surface area contributed by atoms with Crippen LogP contribution in [-0.2, 0) is 30.0 Å². The van der Waals surface area contributed by atoms with E-state index in [4.69, 9.17) is 42.3 Å². The molecule has 2 unspecified atom stereocenters. The highest BCUT2D eigenvalue weighted by Gasteiger charge is 2.56. The van der Waals surface area contributed by atoms with Crippen LogP contribution in [0, 0.1) is 12.3 Å². The number of nitrogens with zero attached hydrogens (tertiary/aromatic N) is 3. The van der Waals surface area contributed by atoms with Gasteiger partial charge in [0.2, 0.25) is 0 Å². The highest BCUT2D eigenvalue weighted by molar-refractivity contribution is 7.52. The number of carbonyl (C=O) groups excluding carboxylic acids is 1. The Bertz CT molecular complexity index is 2110. The van der Waals surface area contributed by atoms with Gasteiger partial charge in [-0.25, -0.2) is 18.9 Å². The number of aliphatic hydroxyl groups excluding tert-OH is 1. The Labute approximate surface area is 285 Å². The highest BCUT2D eigenvalue weighted by atomic mass is 35.5. The average molecular weight is 708 g/mol. The second kappa shape index (κ2) is 13.8. The lowest BCUT2D eigenvalue weighted by Gasteiger charge is -2.26. The van der Waals surface area contributed by atoms with Crippen molar-refractivity contribution in [2.75, 3.05) is 12.3 Å². The standard InChI is InChI=1S/C34H32ClFN5O7P/c1-4-22-16-41(31-28(22)30(37)38-19-39-31)33-34(3,36)29(42)27(47-33)18-46-49(44,40-20(2)32(43)45-17-21-10-6-5-7-11-21)48-26-15-14-25(35)23-12-8-9-13-24(23)26/h1,5-16,19-20,27,29,33,42H,17-18H2,2-3H3,(H,40,44)(H2,37,38,39)/t20?,27-,29-,33-,34-,49?/m1/s1. The zero-order chi connectivity index (χ0) is 34.9. The molecule has 6 rings (SSSR count). The monoisotopic (exact) mass is 707 g/mol. The molecule has 3 heterocycles. The normalized spacial score (nSPS) is 22.4. The Kier molecular flexibility index (Phi) is 9.64. The molecule has 3 aromatic carbocycles. The van der Waals surface area contributed by atoms with E-state index in [0.717, 1.165) is 12.5 Å². The number of alkyl halides is 1. The third-order valence-corrected chi connectivity index (χ3v) is 10.1. The number of aliphatic hydroxyl groups is 1. The zero-order valence-electron chi connectivity index (χ0n) is 26.3. The fraction of sp³-hybridized carbons (Fsp3) is 0.265. The number of nitrogens with two attached hydrogens (primary N) is 1. The SMILES string of the molecule is C#Cc1cn([C@@H]2O[C@H](COP(=O)(NC(C)C(=O)OCc3ccccc3)Oc3ccc(Cl)c4ccccc34)[C@@H](O)[C@@]2(C)F)c2ncnc(N)c12. The minimum absolute atomic E-state index is 0.0237. The number of aromatic nitrogens is 3. The van der Waals surface area contributed by atoms with E-state index >= 15 is 4.39 Å². The van der Waals surface area contributed by atoms with Gasteiger partial charge in [-0.3, -0.25) is 9.32 Å². The smallest absolute Gasteiger partial charge is 0.459 e. The Hall–Kier alpha value is -4.54.